The zero-order valence-electron chi connectivity index (χ0n) is 19.4. The average Bonchev–Trinajstić information content (AvgIpc) is 2.72. The Hall–Kier alpha value is -1.83. The molecule has 2 rings (SSSR count). The molecule has 0 aliphatic carbocycles. The van der Waals surface area contributed by atoms with Gasteiger partial charge in [0.15, 0.2) is 5.96 Å². The van der Waals surface area contributed by atoms with Crippen molar-refractivity contribution in [2.45, 2.75) is 40.3 Å². The summed E-state index contributed by atoms with van der Waals surface area (Å²) in [4.78, 5) is 6.83. The fraction of sp³-hybridized carbons (Fsp3) is 0.696. The summed E-state index contributed by atoms with van der Waals surface area (Å²) in [5, 5.41) is 6.79. The van der Waals surface area contributed by atoms with Gasteiger partial charge in [0.2, 0.25) is 0 Å². The van der Waals surface area contributed by atoms with Crippen LogP contribution in [0.25, 0.3) is 0 Å². The van der Waals surface area contributed by atoms with E-state index in [9.17, 15) is 0 Å². The van der Waals surface area contributed by atoms with Gasteiger partial charge < -0.3 is 24.8 Å². The maximum Gasteiger partial charge on any atom is 0.191 e. The molecule has 0 spiro atoms. The molecule has 0 radical (unpaired) electrons. The molecule has 1 atom stereocenters. The Labute approximate surface area is 182 Å². The summed E-state index contributed by atoms with van der Waals surface area (Å²) in [7, 11) is 1.79. The Balaban J connectivity index is 1.82. The van der Waals surface area contributed by atoms with Crippen LogP contribution >= 0.6 is 0 Å². The zero-order chi connectivity index (χ0) is 21.8. The molecule has 1 aliphatic heterocycles. The van der Waals surface area contributed by atoms with Crippen LogP contribution in [0.2, 0.25) is 0 Å². The maximum atomic E-state index is 5.93. The molecular weight excluding hydrogens is 380 g/mol. The van der Waals surface area contributed by atoms with Crippen molar-refractivity contribution in [2.24, 2.45) is 10.9 Å². The van der Waals surface area contributed by atoms with Gasteiger partial charge in [-0.25, -0.2) is 0 Å². The van der Waals surface area contributed by atoms with E-state index < -0.39 is 0 Å². The van der Waals surface area contributed by atoms with Crippen LogP contribution in [0.4, 0.5) is 0 Å². The highest BCUT2D eigenvalue weighted by Gasteiger charge is 2.21. The summed E-state index contributed by atoms with van der Waals surface area (Å²) in [6, 6.07) is 6.26. The quantitative estimate of drug-likeness (QED) is 0.326. The smallest absolute Gasteiger partial charge is 0.191 e. The third-order valence-electron chi connectivity index (χ3n) is 4.93. The topological polar surface area (TPSA) is 67.4 Å². The lowest BCUT2D eigenvalue weighted by Gasteiger charge is -2.34. The van der Waals surface area contributed by atoms with Gasteiger partial charge in [-0.3, -0.25) is 9.89 Å². The van der Waals surface area contributed by atoms with Crippen LogP contribution in [0, 0.1) is 12.8 Å². The Morgan fingerprint density at radius 1 is 1.30 bits per heavy atom. The van der Waals surface area contributed by atoms with Crippen molar-refractivity contribution in [3.63, 3.8) is 0 Å². The molecule has 1 aliphatic rings. The molecule has 30 heavy (non-hydrogen) atoms. The van der Waals surface area contributed by atoms with Crippen LogP contribution in [0.5, 0.6) is 5.75 Å². The van der Waals surface area contributed by atoms with Crippen LogP contribution < -0.4 is 15.4 Å². The minimum absolute atomic E-state index is 0.174. The van der Waals surface area contributed by atoms with E-state index in [2.05, 4.69) is 59.5 Å². The summed E-state index contributed by atoms with van der Waals surface area (Å²) >= 11 is 0. The number of guanidine groups is 1. The van der Waals surface area contributed by atoms with Crippen molar-refractivity contribution in [3.05, 3.63) is 29.3 Å². The van der Waals surface area contributed by atoms with Gasteiger partial charge in [-0.2, -0.15) is 0 Å². The second-order valence-electron chi connectivity index (χ2n) is 8.11. The van der Waals surface area contributed by atoms with Gasteiger partial charge in [0, 0.05) is 51.9 Å². The third-order valence-corrected chi connectivity index (χ3v) is 4.93. The Morgan fingerprint density at radius 3 is 2.87 bits per heavy atom. The van der Waals surface area contributed by atoms with Gasteiger partial charge in [0.25, 0.3) is 0 Å². The average molecular weight is 421 g/mol. The molecule has 170 valence electrons. The van der Waals surface area contributed by atoms with E-state index in [1.54, 1.807) is 7.05 Å². The van der Waals surface area contributed by atoms with Gasteiger partial charge in [-0.1, -0.05) is 26.0 Å². The predicted octanol–water partition coefficient (Wildman–Crippen LogP) is 2.43. The van der Waals surface area contributed by atoms with Gasteiger partial charge >= 0.3 is 0 Å². The summed E-state index contributed by atoms with van der Waals surface area (Å²) in [6.45, 7) is 15.7. The molecule has 1 aromatic rings. The monoisotopic (exact) mass is 420 g/mol. The number of aryl methyl sites for hydroxylation is 1. The summed E-state index contributed by atoms with van der Waals surface area (Å²) in [5.41, 5.74) is 2.27. The number of benzene rings is 1. The van der Waals surface area contributed by atoms with Crippen molar-refractivity contribution in [2.75, 3.05) is 59.7 Å². The molecule has 0 aromatic heterocycles. The first-order chi connectivity index (χ1) is 14.5. The summed E-state index contributed by atoms with van der Waals surface area (Å²) < 4.78 is 17.2. The van der Waals surface area contributed by atoms with Crippen LogP contribution in [0.15, 0.2) is 23.2 Å². The number of hydrogen-bond donors (Lipinski definition) is 2. The first-order valence-corrected chi connectivity index (χ1v) is 11.1. The van der Waals surface area contributed by atoms with Gasteiger partial charge in [-0.05, 0) is 31.4 Å². The minimum Gasteiger partial charge on any atom is -0.491 e. The highest BCUT2D eigenvalue weighted by molar-refractivity contribution is 5.79. The van der Waals surface area contributed by atoms with Gasteiger partial charge in [0.1, 0.15) is 12.4 Å². The number of morpholine rings is 1. The lowest BCUT2D eigenvalue weighted by atomic mass is 10.1. The first kappa shape index (κ1) is 24.4. The van der Waals surface area contributed by atoms with Crippen molar-refractivity contribution < 1.29 is 14.2 Å². The van der Waals surface area contributed by atoms with Crippen LogP contribution in [-0.2, 0) is 16.0 Å². The van der Waals surface area contributed by atoms with Crippen molar-refractivity contribution in [1.82, 2.24) is 15.5 Å². The maximum absolute atomic E-state index is 5.93. The molecular formula is C23H40N4O3. The number of ether oxygens (including phenoxy) is 3. The van der Waals surface area contributed by atoms with E-state index in [-0.39, 0.29) is 6.10 Å². The van der Waals surface area contributed by atoms with Crippen molar-refractivity contribution >= 4 is 5.96 Å². The fourth-order valence-electron chi connectivity index (χ4n) is 3.49. The zero-order valence-corrected chi connectivity index (χ0v) is 19.4. The van der Waals surface area contributed by atoms with Gasteiger partial charge in [0.05, 0.1) is 19.3 Å². The highest BCUT2D eigenvalue weighted by Crippen LogP contribution is 2.20. The molecule has 0 amide bonds. The Kier molecular flexibility index (Phi) is 11.0. The number of nitrogens with zero attached hydrogens (tertiary/aromatic N) is 2. The van der Waals surface area contributed by atoms with Crippen LogP contribution in [0.3, 0.4) is 0 Å². The summed E-state index contributed by atoms with van der Waals surface area (Å²) in [6.07, 6.45) is 0.174. The molecule has 1 unspecified atom stereocenters. The second kappa shape index (κ2) is 13.5. The molecule has 0 saturated carbocycles. The third kappa shape index (κ3) is 8.90. The molecule has 7 nitrogen and oxygen atoms in total. The van der Waals surface area contributed by atoms with E-state index in [0.29, 0.717) is 32.3 Å². The standard InChI is InChI=1S/C23H40N4O3/c1-6-28-11-12-30-22-13-19(4)7-8-20(22)14-25-23(24-5)26-15-21-17-27(9-10-29-21)16-18(2)3/h7-8,13,18,21H,6,9-12,14-17H2,1-5H3,(H2,24,25,26). The van der Waals surface area contributed by atoms with E-state index in [1.807, 2.05) is 6.92 Å². The Bertz CT molecular complexity index is 651. The lowest BCUT2D eigenvalue weighted by Crippen LogP contribution is -2.50. The number of aliphatic imine (C=N–C) groups is 1. The van der Waals surface area contributed by atoms with Gasteiger partial charge in [-0.15, -0.1) is 0 Å². The number of hydrogen-bond acceptors (Lipinski definition) is 5. The second-order valence-corrected chi connectivity index (χ2v) is 8.11. The fourth-order valence-corrected chi connectivity index (χ4v) is 3.49. The van der Waals surface area contributed by atoms with E-state index in [1.165, 1.54) is 5.56 Å². The first-order valence-electron chi connectivity index (χ1n) is 11.1. The predicted molar refractivity (Wildman–Crippen MR) is 122 cm³/mol. The molecule has 1 aromatic carbocycles. The van der Waals surface area contributed by atoms with E-state index in [4.69, 9.17) is 14.2 Å². The van der Waals surface area contributed by atoms with E-state index in [0.717, 1.165) is 50.1 Å². The van der Waals surface area contributed by atoms with Crippen LogP contribution in [0.1, 0.15) is 31.9 Å². The van der Waals surface area contributed by atoms with Crippen LogP contribution in [-0.4, -0.2) is 76.6 Å². The molecule has 2 N–H and O–H groups in total. The van der Waals surface area contributed by atoms with Crippen molar-refractivity contribution in [1.29, 1.82) is 0 Å². The SMILES string of the molecule is CCOCCOc1cc(C)ccc1CNC(=NC)NCC1CN(CC(C)C)CCO1. The van der Waals surface area contributed by atoms with Crippen molar-refractivity contribution in [3.8, 4) is 5.75 Å². The number of rotatable bonds is 11. The lowest BCUT2D eigenvalue weighted by molar-refractivity contribution is -0.0284. The molecule has 7 heteroatoms. The minimum atomic E-state index is 0.174. The molecule has 0 bridgehead atoms. The highest BCUT2D eigenvalue weighted by atomic mass is 16.5. The molecule has 1 heterocycles. The molecule has 1 saturated heterocycles. The van der Waals surface area contributed by atoms with E-state index >= 15 is 0 Å². The number of nitrogens with one attached hydrogen (secondary N) is 2. The summed E-state index contributed by atoms with van der Waals surface area (Å²) in [5.74, 6) is 2.32. The largest absolute Gasteiger partial charge is 0.491 e. The molecule has 1 fully saturated rings. The normalized spacial score (nSPS) is 17.9. The Morgan fingerprint density at radius 2 is 2.13 bits per heavy atom.